The number of carbonyl (C=O) groups excluding carboxylic acids is 2. The Morgan fingerprint density at radius 3 is 2.73 bits per heavy atom. The summed E-state index contributed by atoms with van der Waals surface area (Å²) in [5.74, 6) is -0.136. The van der Waals surface area contributed by atoms with Gasteiger partial charge in [0.15, 0.2) is 5.78 Å². The van der Waals surface area contributed by atoms with Crippen LogP contribution in [-0.2, 0) is 17.8 Å². The highest BCUT2D eigenvalue weighted by molar-refractivity contribution is 7.10. The maximum atomic E-state index is 12.7. The minimum atomic E-state index is -0.416. The number of ether oxygens (including phenoxy) is 1. The first-order valence-electron chi connectivity index (χ1n) is 8.62. The zero-order valence-corrected chi connectivity index (χ0v) is 15.3. The summed E-state index contributed by atoms with van der Waals surface area (Å²) in [6, 6.07) is 13.6. The molecule has 1 aliphatic carbocycles. The first kappa shape index (κ1) is 16.8. The molecule has 132 valence electrons. The third kappa shape index (κ3) is 3.10. The third-order valence-corrected chi connectivity index (χ3v) is 5.89. The molecule has 0 saturated heterocycles. The van der Waals surface area contributed by atoms with Gasteiger partial charge in [0.1, 0.15) is 12.3 Å². The molecule has 1 N–H and O–H groups in total. The SMILES string of the molecule is Cc1c(C(=O)OCc2ccccc2)[nH]c2c1C(=O)CC(c1cccs1)C2. The first-order valence-corrected chi connectivity index (χ1v) is 9.50. The summed E-state index contributed by atoms with van der Waals surface area (Å²) in [6.45, 7) is 2.03. The van der Waals surface area contributed by atoms with E-state index in [0.717, 1.165) is 17.7 Å². The lowest BCUT2D eigenvalue weighted by atomic mass is 9.84. The summed E-state index contributed by atoms with van der Waals surface area (Å²) in [4.78, 5) is 29.6. The molecule has 0 fully saturated rings. The smallest absolute Gasteiger partial charge is 0.355 e. The van der Waals surface area contributed by atoms with E-state index in [9.17, 15) is 9.59 Å². The Morgan fingerprint density at radius 1 is 1.19 bits per heavy atom. The van der Waals surface area contributed by atoms with Crippen molar-refractivity contribution in [3.05, 3.63) is 80.8 Å². The molecule has 0 radical (unpaired) electrons. The lowest BCUT2D eigenvalue weighted by Crippen LogP contribution is -2.17. The van der Waals surface area contributed by atoms with Gasteiger partial charge >= 0.3 is 5.97 Å². The summed E-state index contributed by atoms with van der Waals surface area (Å²) in [7, 11) is 0. The quantitative estimate of drug-likeness (QED) is 0.685. The number of rotatable bonds is 4. The average Bonchev–Trinajstić information content (AvgIpc) is 3.29. The summed E-state index contributed by atoms with van der Waals surface area (Å²) in [5.41, 5.74) is 3.55. The number of aromatic amines is 1. The van der Waals surface area contributed by atoms with Crippen LogP contribution in [-0.4, -0.2) is 16.7 Å². The lowest BCUT2D eigenvalue weighted by molar-refractivity contribution is 0.0465. The molecule has 0 bridgehead atoms. The Hall–Kier alpha value is -2.66. The number of esters is 1. The molecular formula is C21H19NO3S. The van der Waals surface area contributed by atoms with Crippen molar-refractivity contribution < 1.29 is 14.3 Å². The Kier molecular flexibility index (Phi) is 4.47. The van der Waals surface area contributed by atoms with Gasteiger partial charge in [-0.2, -0.15) is 0 Å². The molecule has 1 aliphatic rings. The number of H-pyrrole nitrogens is 1. The zero-order valence-electron chi connectivity index (χ0n) is 14.5. The van der Waals surface area contributed by atoms with Crippen molar-refractivity contribution in [1.29, 1.82) is 0 Å². The van der Waals surface area contributed by atoms with Crippen LogP contribution in [0.25, 0.3) is 0 Å². The van der Waals surface area contributed by atoms with Crippen molar-refractivity contribution >= 4 is 23.1 Å². The van der Waals surface area contributed by atoms with Gasteiger partial charge in [0.05, 0.1) is 0 Å². The van der Waals surface area contributed by atoms with Crippen molar-refractivity contribution in [2.45, 2.75) is 32.3 Å². The zero-order chi connectivity index (χ0) is 18.1. The van der Waals surface area contributed by atoms with Gasteiger partial charge in [-0.15, -0.1) is 11.3 Å². The predicted molar refractivity (Wildman–Crippen MR) is 101 cm³/mol. The van der Waals surface area contributed by atoms with Crippen LogP contribution in [0.1, 0.15) is 54.9 Å². The molecule has 3 aromatic rings. The second-order valence-electron chi connectivity index (χ2n) is 6.58. The normalized spacial score (nSPS) is 16.3. The molecule has 2 aromatic heterocycles. The highest BCUT2D eigenvalue weighted by atomic mass is 32.1. The van der Waals surface area contributed by atoms with Gasteiger partial charge in [0.2, 0.25) is 0 Å². The second-order valence-corrected chi connectivity index (χ2v) is 7.56. The Morgan fingerprint density at radius 2 is 2.00 bits per heavy atom. The maximum Gasteiger partial charge on any atom is 0.355 e. The van der Waals surface area contributed by atoms with E-state index < -0.39 is 5.97 Å². The maximum absolute atomic E-state index is 12.7. The fraction of sp³-hybridized carbons (Fsp3) is 0.238. The monoisotopic (exact) mass is 365 g/mol. The number of ketones is 1. The van der Waals surface area contributed by atoms with Crippen molar-refractivity contribution in [3.63, 3.8) is 0 Å². The molecule has 1 aromatic carbocycles. The summed E-state index contributed by atoms with van der Waals surface area (Å²) >= 11 is 1.67. The first-order chi connectivity index (χ1) is 12.6. The fourth-order valence-corrected chi connectivity index (χ4v) is 4.39. The summed E-state index contributed by atoms with van der Waals surface area (Å²) in [5, 5.41) is 2.03. The Labute approximate surface area is 155 Å². The van der Waals surface area contributed by atoms with Gasteiger partial charge in [-0.05, 0) is 35.9 Å². The van der Waals surface area contributed by atoms with Crippen LogP contribution in [0, 0.1) is 6.92 Å². The van der Waals surface area contributed by atoms with Crippen molar-refractivity contribution in [3.8, 4) is 0 Å². The van der Waals surface area contributed by atoms with E-state index in [1.54, 1.807) is 11.3 Å². The minimum Gasteiger partial charge on any atom is -0.456 e. The molecular weight excluding hydrogens is 346 g/mol. The lowest BCUT2D eigenvalue weighted by Gasteiger charge is -2.20. The molecule has 0 aliphatic heterocycles. The molecule has 5 heteroatoms. The number of Topliss-reactive ketones (excluding diaryl/α,β-unsaturated/α-hetero) is 1. The third-order valence-electron chi connectivity index (χ3n) is 4.85. The van der Waals surface area contributed by atoms with Crippen LogP contribution < -0.4 is 0 Å². The van der Waals surface area contributed by atoms with Crippen LogP contribution in [0.15, 0.2) is 47.8 Å². The van der Waals surface area contributed by atoms with E-state index in [1.165, 1.54) is 4.88 Å². The highest BCUT2D eigenvalue weighted by Gasteiger charge is 2.32. The van der Waals surface area contributed by atoms with Crippen LogP contribution in [0.4, 0.5) is 0 Å². The number of thiophene rings is 1. The molecule has 26 heavy (non-hydrogen) atoms. The summed E-state index contributed by atoms with van der Waals surface area (Å²) in [6.07, 6.45) is 1.24. The van der Waals surface area contributed by atoms with Crippen LogP contribution in [0.3, 0.4) is 0 Å². The van der Waals surface area contributed by atoms with Crippen molar-refractivity contribution in [2.75, 3.05) is 0 Å². The van der Waals surface area contributed by atoms with Gasteiger partial charge in [-0.3, -0.25) is 4.79 Å². The van der Waals surface area contributed by atoms with Crippen LogP contribution in [0.5, 0.6) is 0 Å². The number of carbonyl (C=O) groups is 2. The van der Waals surface area contributed by atoms with Gasteiger partial charge in [-0.25, -0.2) is 4.79 Å². The second kappa shape index (κ2) is 6.92. The number of benzene rings is 1. The van der Waals surface area contributed by atoms with Gasteiger partial charge in [0, 0.05) is 28.5 Å². The standard InChI is InChI=1S/C21H19NO3S/c1-13-19-16(10-15(11-17(19)23)18-8-5-9-26-18)22-20(13)21(24)25-12-14-6-3-2-4-7-14/h2-9,15,22H,10-12H2,1H3. The van der Waals surface area contributed by atoms with E-state index in [0.29, 0.717) is 23.2 Å². The largest absolute Gasteiger partial charge is 0.456 e. The molecule has 4 nitrogen and oxygen atoms in total. The molecule has 0 spiro atoms. The molecule has 2 heterocycles. The number of aromatic nitrogens is 1. The topological polar surface area (TPSA) is 59.2 Å². The Bertz CT molecular complexity index is 941. The highest BCUT2D eigenvalue weighted by Crippen LogP contribution is 2.36. The van der Waals surface area contributed by atoms with E-state index in [-0.39, 0.29) is 18.3 Å². The van der Waals surface area contributed by atoms with E-state index in [4.69, 9.17) is 4.74 Å². The molecule has 4 rings (SSSR count). The van der Waals surface area contributed by atoms with Crippen molar-refractivity contribution in [1.82, 2.24) is 4.98 Å². The number of nitrogens with one attached hydrogen (secondary N) is 1. The Balaban J connectivity index is 1.55. The fourth-order valence-electron chi connectivity index (χ4n) is 3.56. The number of hydrogen-bond donors (Lipinski definition) is 1. The van der Waals surface area contributed by atoms with Crippen LogP contribution >= 0.6 is 11.3 Å². The van der Waals surface area contributed by atoms with Gasteiger partial charge in [-0.1, -0.05) is 36.4 Å². The minimum absolute atomic E-state index is 0.0977. The molecule has 1 unspecified atom stereocenters. The number of hydrogen-bond acceptors (Lipinski definition) is 4. The van der Waals surface area contributed by atoms with E-state index in [2.05, 4.69) is 11.1 Å². The summed E-state index contributed by atoms with van der Waals surface area (Å²) < 4.78 is 5.43. The molecule has 0 amide bonds. The van der Waals surface area contributed by atoms with Gasteiger partial charge in [0.25, 0.3) is 0 Å². The van der Waals surface area contributed by atoms with Crippen LogP contribution in [0.2, 0.25) is 0 Å². The van der Waals surface area contributed by atoms with E-state index >= 15 is 0 Å². The average molecular weight is 365 g/mol. The molecule has 1 atom stereocenters. The number of fused-ring (bicyclic) bond motifs is 1. The van der Waals surface area contributed by atoms with Crippen molar-refractivity contribution in [2.24, 2.45) is 0 Å². The van der Waals surface area contributed by atoms with E-state index in [1.807, 2.05) is 48.7 Å². The predicted octanol–water partition coefficient (Wildman–Crippen LogP) is 4.65. The molecule has 0 saturated carbocycles. The van der Waals surface area contributed by atoms with Gasteiger partial charge < -0.3 is 9.72 Å².